The van der Waals surface area contributed by atoms with E-state index in [9.17, 15) is 0 Å². The molecule has 2 nitrogen and oxygen atoms in total. The summed E-state index contributed by atoms with van der Waals surface area (Å²) in [6, 6.07) is 0. The lowest BCUT2D eigenvalue weighted by atomic mass is 9.82. The Bertz CT molecular complexity index is 194. The molecule has 0 aromatic carbocycles. The molecule has 0 aromatic heterocycles. The van der Waals surface area contributed by atoms with E-state index in [1.165, 1.54) is 0 Å². The van der Waals surface area contributed by atoms with E-state index in [4.69, 9.17) is 9.31 Å². The molecule has 0 spiro atoms. The van der Waals surface area contributed by atoms with E-state index in [0.717, 1.165) is 24.3 Å². The van der Waals surface area contributed by atoms with E-state index in [1.807, 2.05) is 18.6 Å². The fraction of sp³-hybridized carbons (Fsp3) is 1.00. The first kappa shape index (κ1) is 9.87. The lowest BCUT2D eigenvalue weighted by Gasteiger charge is -2.36. The summed E-state index contributed by atoms with van der Waals surface area (Å²) in [7, 11) is -0.0131. The molecule has 74 valence electrons. The van der Waals surface area contributed by atoms with Gasteiger partial charge in [-0.25, -0.2) is 0 Å². The van der Waals surface area contributed by atoms with Gasteiger partial charge in [0.05, 0.1) is 11.2 Å². The van der Waals surface area contributed by atoms with E-state index < -0.39 is 0 Å². The van der Waals surface area contributed by atoms with Crippen LogP contribution in [0, 0.1) is 0 Å². The van der Waals surface area contributed by atoms with Crippen LogP contribution in [0.2, 0.25) is 6.82 Å². The van der Waals surface area contributed by atoms with Crippen LogP contribution in [0.4, 0.5) is 0 Å². The van der Waals surface area contributed by atoms with Crippen LogP contribution < -0.4 is 0 Å². The van der Waals surface area contributed by atoms with Gasteiger partial charge in [0.25, 0.3) is 0 Å². The van der Waals surface area contributed by atoms with Crippen LogP contribution in [-0.4, -0.2) is 29.8 Å². The molecule has 2 atom stereocenters. The molecule has 2 saturated heterocycles. The number of fused-ring (bicyclic) bond motifs is 1. The molecule has 0 aliphatic carbocycles. The molecular weight excluding hydrogens is 183 g/mol. The minimum absolute atomic E-state index is 0.00579. The number of rotatable bonds is 2. The minimum Gasteiger partial charge on any atom is -0.402 e. The molecule has 0 aromatic rings. The van der Waals surface area contributed by atoms with Crippen molar-refractivity contribution in [2.75, 3.05) is 11.5 Å². The largest absolute Gasteiger partial charge is 0.454 e. The van der Waals surface area contributed by atoms with Crippen LogP contribution in [0.15, 0.2) is 0 Å². The Kier molecular flexibility index (Phi) is 2.41. The van der Waals surface area contributed by atoms with Gasteiger partial charge in [-0.1, -0.05) is 13.8 Å². The summed E-state index contributed by atoms with van der Waals surface area (Å²) in [5, 5.41) is 0. The lowest BCUT2D eigenvalue weighted by molar-refractivity contribution is -0.0120. The third-order valence-electron chi connectivity index (χ3n) is 3.43. The highest BCUT2D eigenvalue weighted by atomic mass is 32.2. The van der Waals surface area contributed by atoms with Gasteiger partial charge in [-0.05, 0) is 19.7 Å². The normalized spacial score (nSPS) is 44.1. The molecule has 0 radical (unpaired) electrons. The topological polar surface area (TPSA) is 18.5 Å². The molecule has 0 saturated carbocycles. The Morgan fingerprint density at radius 2 is 1.62 bits per heavy atom. The van der Waals surface area contributed by atoms with Gasteiger partial charge >= 0.3 is 7.12 Å². The van der Waals surface area contributed by atoms with Crippen molar-refractivity contribution in [1.82, 2.24) is 0 Å². The van der Waals surface area contributed by atoms with Gasteiger partial charge in [-0.2, -0.15) is 11.8 Å². The standard InChI is InChI=1S/C9H17BO2S/c1-4-8-6-13-7-9(8,5-2)12-10(3)11-8/h4-7H2,1-3H3/t8-,9+. The van der Waals surface area contributed by atoms with Crippen LogP contribution in [-0.2, 0) is 9.31 Å². The zero-order valence-corrected chi connectivity index (χ0v) is 9.45. The van der Waals surface area contributed by atoms with Crippen molar-refractivity contribution in [2.45, 2.75) is 44.7 Å². The van der Waals surface area contributed by atoms with Gasteiger partial charge in [0.1, 0.15) is 0 Å². The predicted octanol–water partition coefficient (Wildman–Crippen LogP) is 2.20. The molecule has 0 N–H and O–H groups in total. The summed E-state index contributed by atoms with van der Waals surface area (Å²) >= 11 is 1.96. The highest BCUT2D eigenvalue weighted by Gasteiger charge is 2.61. The highest BCUT2D eigenvalue weighted by molar-refractivity contribution is 7.99. The second-order valence-corrected chi connectivity index (χ2v) is 4.98. The SMILES string of the molecule is CC[C@@]12CSC[C@]1(CC)OB(C)O2. The summed E-state index contributed by atoms with van der Waals surface area (Å²) in [6.45, 7) is 6.42. The first-order chi connectivity index (χ1) is 6.18. The fourth-order valence-corrected chi connectivity index (χ4v) is 4.43. The quantitative estimate of drug-likeness (QED) is 0.636. The van der Waals surface area contributed by atoms with Gasteiger partial charge in [0.15, 0.2) is 0 Å². The van der Waals surface area contributed by atoms with Crippen molar-refractivity contribution in [3.05, 3.63) is 0 Å². The lowest BCUT2D eigenvalue weighted by Crippen LogP contribution is -2.49. The summed E-state index contributed by atoms with van der Waals surface area (Å²) in [6.07, 6.45) is 2.14. The first-order valence-corrected chi connectivity index (χ1v) is 6.27. The molecular formula is C9H17BO2S. The van der Waals surface area contributed by atoms with E-state index >= 15 is 0 Å². The van der Waals surface area contributed by atoms with E-state index in [-0.39, 0.29) is 18.3 Å². The van der Waals surface area contributed by atoms with Crippen molar-refractivity contribution in [3.63, 3.8) is 0 Å². The second kappa shape index (κ2) is 3.18. The van der Waals surface area contributed by atoms with Gasteiger partial charge in [-0.15, -0.1) is 0 Å². The van der Waals surface area contributed by atoms with Crippen molar-refractivity contribution < 1.29 is 9.31 Å². The van der Waals surface area contributed by atoms with Gasteiger partial charge < -0.3 is 9.31 Å². The van der Waals surface area contributed by atoms with Crippen LogP contribution in [0.5, 0.6) is 0 Å². The fourth-order valence-electron chi connectivity index (χ4n) is 2.60. The van der Waals surface area contributed by atoms with Crippen LogP contribution in [0.25, 0.3) is 0 Å². The average Bonchev–Trinajstić information content (AvgIpc) is 2.56. The molecule has 0 unspecified atom stereocenters. The molecule has 0 bridgehead atoms. The zero-order valence-electron chi connectivity index (χ0n) is 8.63. The van der Waals surface area contributed by atoms with Crippen LogP contribution in [0.1, 0.15) is 26.7 Å². The Hall–Kier alpha value is 0.335. The monoisotopic (exact) mass is 200 g/mol. The van der Waals surface area contributed by atoms with Crippen LogP contribution in [0.3, 0.4) is 0 Å². The Balaban J connectivity index is 2.30. The molecule has 2 aliphatic heterocycles. The van der Waals surface area contributed by atoms with E-state index in [1.54, 1.807) is 0 Å². The maximum atomic E-state index is 5.97. The van der Waals surface area contributed by atoms with Gasteiger partial charge in [0.2, 0.25) is 0 Å². The van der Waals surface area contributed by atoms with Crippen molar-refractivity contribution in [3.8, 4) is 0 Å². The summed E-state index contributed by atoms with van der Waals surface area (Å²) in [4.78, 5) is 0. The maximum Gasteiger partial charge on any atom is 0.454 e. The second-order valence-electron chi connectivity index (χ2n) is 3.99. The smallest absolute Gasteiger partial charge is 0.402 e. The zero-order chi connectivity index (χ0) is 9.53. The Morgan fingerprint density at radius 3 is 2.00 bits per heavy atom. The molecule has 2 heterocycles. The molecule has 2 fully saturated rings. The van der Waals surface area contributed by atoms with Gasteiger partial charge in [0, 0.05) is 11.5 Å². The van der Waals surface area contributed by atoms with Crippen molar-refractivity contribution in [2.24, 2.45) is 0 Å². The third kappa shape index (κ3) is 1.19. The number of thioether (sulfide) groups is 1. The highest BCUT2D eigenvalue weighted by Crippen LogP contribution is 2.51. The summed E-state index contributed by atoms with van der Waals surface area (Å²) in [5.74, 6) is 2.20. The molecule has 2 rings (SSSR count). The number of hydrogen-bond donors (Lipinski definition) is 0. The summed E-state index contributed by atoms with van der Waals surface area (Å²) < 4.78 is 11.9. The Morgan fingerprint density at radius 1 is 1.15 bits per heavy atom. The Labute approximate surface area is 84.9 Å². The van der Waals surface area contributed by atoms with Gasteiger partial charge in [-0.3, -0.25) is 0 Å². The van der Waals surface area contributed by atoms with E-state index in [0.29, 0.717) is 0 Å². The number of hydrogen-bond acceptors (Lipinski definition) is 3. The van der Waals surface area contributed by atoms with Crippen molar-refractivity contribution >= 4 is 18.9 Å². The molecule has 2 aliphatic rings. The molecule has 0 amide bonds. The maximum absolute atomic E-state index is 5.97. The summed E-state index contributed by atoms with van der Waals surface area (Å²) in [5.41, 5.74) is 0.0116. The van der Waals surface area contributed by atoms with Crippen LogP contribution >= 0.6 is 11.8 Å². The average molecular weight is 200 g/mol. The predicted molar refractivity (Wildman–Crippen MR) is 57.2 cm³/mol. The van der Waals surface area contributed by atoms with E-state index in [2.05, 4.69) is 13.8 Å². The first-order valence-electron chi connectivity index (χ1n) is 5.11. The minimum atomic E-state index is -0.0131. The van der Waals surface area contributed by atoms with Crippen molar-refractivity contribution in [1.29, 1.82) is 0 Å². The molecule has 4 heteroatoms. The molecule has 13 heavy (non-hydrogen) atoms. The third-order valence-corrected chi connectivity index (χ3v) is 4.77.